The van der Waals surface area contributed by atoms with Gasteiger partial charge in [-0.1, -0.05) is 15.9 Å². The second-order valence-corrected chi connectivity index (χ2v) is 6.06. The van der Waals surface area contributed by atoms with Crippen LogP contribution in [0.15, 0.2) is 39.3 Å². The molecule has 2 aromatic heterocycles. The van der Waals surface area contributed by atoms with Gasteiger partial charge in [0.1, 0.15) is 12.1 Å². The summed E-state index contributed by atoms with van der Waals surface area (Å²) in [4.78, 5) is 17.9. The molecule has 0 bridgehead atoms. The first-order valence-corrected chi connectivity index (χ1v) is 7.84. The van der Waals surface area contributed by atoms with Gasteiger partial charge in [0.25, 0.3) is 0 Å². The summed E-state index contributed by atoms with van der Waals surface area (Å²) < 4.78 is 6.75. The minimum atomic E-state index is -0.269. The van der Waals surface area contributed by atoms with Crippen molar-refractivity contribution in [2.24, 2.45) is 0 Å². The lowest BCUT2D eigenvalue weighted by Crippen LogP contribution is -1.99. The Labute approximate surface area is 132 Å². The zero-order chi connectivity index (χ0) is 14.7. The highest BCUT2D eigenvalue weighted by atomic mass is 79.9. The molecule has 0 spiro atoms. The summed E-state index contributed by atoms with van der Waals surface area (Å²) >= 11 is 5.15. The van der Waals surface area contributed by atoms with E-state index in [2.05, 4.69) is 42.2 Å². The molecule has 0 aliphatic carbocycles. The summed E-state index contributed by atoms with van der Waals surface area (Å²) in [6, 6.07) is 6.09. The number of nitrogens with zero attached hydrogens (tertiary/aromatic N) is 2. The maximum Gasteiger partial charge on any atom is 0.340 e. The molecule has 3 heterocycles. The van der Waals surface area contributed by atoms with Crippen LogP contribution in [0.2, 0.25) is 0 Å². The summed E-state index contributed by atoms with van der Waals surface area (Å²) in [5, 5.41) is 5.47. The maximum absolute atomic E-state index is 9.90. The van der Waals surface area contributed by atoms with Crippen molar-refractivity contribution in [3.63, 3.8) is 0 Å². The predicted molar refractivity (Wildman–Crippen MR) is 83.7 cm³/mol. The fourth-order valence-corrected chi connectivity index (χ4v) is 3.05. The molecule has 8 heteroatoms. The van der Waals surface area contributed by atoms with Gasteiger partial charge in [-0.25, -0.2) is 14.9 Å². The molecule has 3 aromatic rings. The number of halogens is 1. The lowest BCUT2D eigenvalue weighted by atomic mass is 10.1. The third-order valence-electron chi connectivity index (χ3n) is 2.85. The van der Waals surface area contributed by atoms with E-state index in [-0.39, 0.29) is 5.69 Å². The number of benzene rings is 1. The molecule has 4 rings (SSSR count). The second-order valence-electron chi connectivity index (χ2n) is 4.21. The summed E-state index contributed by atoms with van der Waals surface area (Å²) in [7, 11) is 0. The van der Waals surface area contributed by atoms with Crippen LogP contribution in [0, 0.1) is 0 Å². The summed E-state index contributed by atoms with van der Waals surface area (Å²) in [6.07, 6.45) is 2.24. The van der Waals surface area contributed by atoms with E-state index in [9.17, 15) is 4.79 Å². The fourth-order valence-electron chi connectivity index (χ4n) is 1.95. The van der Waals surface area contributed by atoms with Crippen LogP contribution >= 0.6 is 27.3 Å². The Balaban J connectivity index is 0.000000186. The van der Waals surface area contributed by atoms with E-state index in [1.165, 1.54) is 11.2 Å². The Morgan fingerprint density at radius 3 is 3.00 bits per heavy atom. The smallest absolute Gasteiger partial charge is 0.340 e. The lowest BCUT2D eigenvalue weighted by molar-refractivity contribution is 0.327. The molecule has 0 unspecified atom stereocenters. The van der Waals surface area contributed by atoms with Crippen LogP contribution in [0.25, 0.3) is 11.3 Å². The van der Waals surface area contributed by atoms with E-state index in [1.807, 2.05) is 17.6 Å². The molecule has 108 valence electrons. The quantitative estimate of drug-likeness (QED) is 0.640. The molecule has 0 amide bonds. The van der Waals surface area contributed by atoms with Crippen molar-refractivity contribution >= 4 is 27.3 Å². The van der Waals surface area contributed by atoms with Crippen molar-refractivity contribution in [2.45, 2.75) is 6.42 Å². The van der Waals surface area contributed by atoms with Gasteiger partial charge < -0.3 is 4.74 Å². The molecule has 0 saturated heterocycles. The molecule has 2 N–H and O–H groups in total. The molecule has 0 saturated carbocycles. The number of hydrogen-bond donors (Lipinski definition) is 2. The molecular weight excluding hydrogens is 356 g/mol. The molecule has 1 aliphatic heterocycles. The van der Waals surface area contributed by atoms with Crippen molar-refractivity contribution in [1.29, 1.82) is 0 Å². The van der Waals surface area contributed by atoms with Crippen LogP contribution in [-0.2, 0) is 6.42 Å². The Morgan fingerprint density at radius 1 is 1.38 bits per heavy atom. The Hall–Kier alpha value is -1.93. The zero-order valence-electron chi connectivity index (χ0n) is 10.8. The van der Waals surface area contributed by atoms with Gasteiger partial charge in [-0.3, -0.25) is 4.98 Å². The van der Waals surface area contributed by atoms with Gasteiger partial charge in [-0.15, -0.1) is 11.3 Å². The van der Waals surface area contributed by atoms with Crippen LogP contribution in [0.3, 0.4) is 0 Å². The number of aromatic nitrogens is 4. The minimum Gasteiger partial charge on any atom is -0.492 e. The highest BCUT2D eigenvalue weighted by molar-refractivity contribution is 9.10. The fraction of sp³-hybridized carbons (Fsp3) is 0.154. The standard InChI is InChI=1S/C11H8BrNOS.C2H3N3O/c12-7-1-2-8-9(5-7)14-4-3-10-11(8)13-6-15-10;6-2-3-1-4-5-2/h1-2,5-6H,3-4H2;1H,(H2,3,4,5,6). The number of ether oxygens (including phenoxy) is 1. The number of thiazole rings is 1. The monoisotopic (exact) mass is 366 g/mol. The lowest BCUT2D eigenvalue weighted by Gasteiger charge is -2.06. The zero-order valence-corrected chi connectivity index (χ0v) is 13.2. The molecule has 0 atom stereocenters. The van der Waals surface area contributed by atoms with Crippen LogP contribution in [-0.4, -0.2) is 26.8 Å². The van der Waals surface area contributed by atoms with E-state index in [0.717, 1.165) is 34.5 Å². The second kappa shape index (κ2) is 6.23. The van der Waals surface area contributed by atoms with E-state index >= 15 is 0 Å². The topological polar surface area (TPSA) is 83.7 Å². The first-order chi connectivity index (χ1) is 10.2. The van der Waals surface area contributed by atoms with Gasteiger partial charge in [0.2, 0.25) is 0 Å². The van der Waals surface area contributed by atoms with Gasteiger partial charge in [-0.2, -0.15) is 5.10 Å². The van der Waals surface area contributed by atoms with Crippen LogP contribution in [0.4, 0.5) is 0 Å². The van der Waals surface area contributed by atoms with Gasteiger partial charge in [0, 0.05) is 21.3 Å². The van der Waals surface area contributed by atoms with Crippen molar-refractivity contribution < 1.29 is 4.74 Å². The Morgan fingerprint density at radius 2 is 2.29 bits per heavy atom. The number of hydrogen-bond acceptors (Lipinski definition) is 5. The van der Waals surface area contributed by atoms with Gasteiger partial charge in [0.15, 0.2) is 0 Å². The molecule has 1 aromatic carbocycles. The number of nitrogens with one attached hydrogen (secondary N) is 2. The van der Waals surface area contributed by atoms with Gasteiger partial charge >= 0.3 is 5.69 Å². The normalized spacial score (nSPS) is 12.2. The number of aromatic amines is 2. The van der Waals surface area contributed by atoms with Crippen molar-refractivity contribution in [1.82, 2.24) is 20.2 Å². The molecule has 1 aliphatic rings. The van der Waals surface area contributed by atoms with Crippen LogP contribution in [0.5, 0.6) is 5.75 Å². The first-order valence-electron chi connectivity index (χ1n) is 6.17. The van der Waals surface area contributed by atoms with Crippen LogP contribution in [0.1, 0.15) is 4.88 Å². The van der Waals surface area contributed by atoms with E-state index in [1.54, 1.807) is 11.3 Å². The molecule has 0 radical (unpaired) electrons. The van der Waals surface area contributed by atoms with E-state index in [4.69, 9.17) is 4.74 Å². The first kappa shape index (κ1) is 14.0. The molecule has 0 fully saturated rings. The van der Waals surface area contributed by atoms with Crippen molar-refractivity contribution in [3.8, 4) is 17.0 Å². The highest BCUT2D eigenvalue weighted by Gasteiger charge is 2.17. The summed E-state index contributed by atoms with van der Waals surface area (Å²) in [5.74, 6) is 0.925. The SMILES string of the molecule is Brc1ccc2c(c1)OCCc1scnc1-2.O=c1[nH]cn[nH]1. The highest BCUT2D eigenvalue weighted by Crippen LogP contribution is 2.37. The third kappa shape index (κ3) is 3.22. The largest absolute Gasteiger partial charge is 0.492 e. The van der Waals surface area contributed by atoms with Crippen LogP contribution < -0.4 is 10.4 Å². The summed E-state index contributed by atoms with van der Waals surface area (Å²) in [5.41, 5.74) is 3.82. The predicted octanol–water partition coefficient (Wildman–Crippen LogP) is 2.61. The van der Waals surface area contributed by atoms with Gasteiger partial charge in [0.05, 0.1) is 17.8 Å². The number of fused-ring (bicyclic) bond motifs is 3. The van der Waals surface area contributed by atoms with E-state index in [0.29, 0.717) is 0 Å². The molecule has 6 nitrogen and oxygen atoms in total. The number of H-pyrrole nitrogens is 2. The maximum atomic E-state index is 9.90. The Bertz CT molecular complexity index is 779. The van der Waals surface area contributed by atoms with Crippen molar-refractivity contribution in [2.75, 3.05) is 6.61 Å². The number of rotatable bonds is 0. The summed E-state index contributed by atoms with van der Waals surface area (Å²) in [6.45, 7) is 0.735. The molecule has 21 heavy (non-hydrogen) atoms. The van der Waals surface area contributed by atoms with E-state index < -0.39 is 0 Å². The Kier molecular flexibility index (Phi) is 4.16. The third-order valence-corrected chi connectivity index (χ3v) is 4.24. The van der Waals surface area contributed by atoms with Crippen molar-refractivity contribution in [3.05, 3.63) is 49.9 Å². The average Bonchev–Trinajstić information content (AvgIpc) is 3.09. The molecular formula is C13H11BrN4O2S. The average molecular weight is 367 g/mol. The minimum absolute atomic E-state index is 0.269. The van der Waals surface area contributed by atoms with Gasteiger partial charge in [-0.05, 0) is 18.2 Å².